The minimum atomic E-state index is -3.72. The van der Waals surface area contributed by atoms with Crippen molar-refractivity contribution in [3.8, 4) is 11.1 Å². The molecule has 5 rings (SSSR count). The number of hydrogen-bond acceptors (Lipinski definition) is 6. The molecule has 1 N–H and O–H groups in total. The average molecular weight is 546 g/mol. The molecule has 10 heteroatoms. The van der Waals surface area contributed by atoms with Crippen molar-refractivity contribution in [1.82, 2.24) is 18.9 Å². The van der Waals surface area contributed by atoms with Gasteiger partial charge < -0.3 is 5.32 Å². The molecule has 3 heterocycles. The monoisotopic (exact) mass is 545 g/mol. The van der Waals surface area contributed by atoms with Crippen molar-refractivity contribution in [3.63, 3.8) is 0 Å². The number of carbonyl (C=O) groups excluding carboxylic acids is 2. The second kappa shape index (κ2) is 10.3. The fourth-order valence-electron chi connectivity index (χ4n) is 5.03. The summed E-state index contributed by atoms with van der Waals surface area (Å²) in [5, 5.41) is 7.45. The molecular weight excluding hydrogens is 514 g/mol. The maximum absolute atomic E-state index is 13.6. The van der Waals surface area contributed by atoms with Gasteiger partial charge in [0.1, 0.15) is 0 Å². The number of anilines is 1. The first-order valence-corrected chi connectivity index (χ1v) is 14.4. The van der Waals surface area contributed by atoms with Crippen LogP contribution in [0.5, 0.6) is 0 Å². The summed E-state index contributed by atoms with van der Waals surface area (Å²) in [6.45, 7) is 7.96. The summed E-state index contributed by atoms with van der Waals surface area (Å²) in [4.78, 5) is 30.4. The van der Waals surface area contributed by atoms with Crippen LogP contribution in [0.1, 0.15) is 64.0 Å². The van der Waals surface area contributed by atoms with Crippen molar-refractivity contribution in [2.75, 3.05) is 18.4 Å². The maximum Gasteiger partial charge on any atom is 0.276 e. The molecule has 4 aromatic rings. The number of ketones is 1. The minimum Gasteiger partial charge on any atom is -0.321 e. The van der Waals surface area contributed by atoms with E-state index in [0.717, 1.165) is 30.7 Å². The first-order chi connectivity index (χ1) is 18.6. The van der Waals surface area contributed by atoms with Gasteiger partial charge in [0, 0.05) is 35.7 Å². The van der Waals surface area contributed by atoms with Crippen molar-refractivity contribution in [3.05, 3.63) is 76.7 Å². The number of fused-ring (bicyclic) bond motifs is 1. The second-order valence-electron chi connectivity index (χ2n) is 10.0. The molecule has 0 bridgehead atoms. The summed E-state index contributed by atoms with van der Waals surface area (Å²) in [5.74, 6) is -0.605. The number of Topliss-reactive ketones (excluding diaryl/α,β-unsaturated/α-hetero) is 1. The number of nitrogens with zero attached hydrogens (tertiary/aromatic N) is 4. The molecule has 1 fully saturated rings. The van der Waals surface area contributed by atoms with Crippen LogP contribution in [0.25, 0.3) is 16.8 Å². The summed E-state index contributed by atoms with van der Waals surface area (Å²) in [6.07, 6.45) is 2.69. The molecule has 0 radical (unpaired) electrons. The maximum atomic E-state index is 13.6. The predicted molar refractivity (Wildman–Crippen MR) is 150 cm³/mol. The number of hydrogen-bond donors (Lipinski definition) is 1. The van der Waals surface area contributed by atoms with E-state index >= 15 is 0 Å². The minimum absolute atomic E-state index is 0.106. The van der Waals surface area contributed by atoms with Crippen molar-refractivity contribution in [2.24, 2.45) is 0 Å². The van der Waals surface area contributed by atoms with Gasteiger partial charge in [0.15, 0.2) is 17.1 Å². The zero-order valence-electron chi connectivity index (χ0n) is 22.5. The van der Waals surface area contributed by atoms with E-state index in [0.29, 0.717) is 46.7 Å². The highest BCUT2D eigenvalue weighted by Gasteiger charge is 2.29. The highest BCUT2D eigenvalue weighted by Crippen LogP contribution is 2.33. The number of rotatable bonds is 6. The van der Waals surface area contributed by atoms with E-state index in [4.69, 9.17) is 0 Å². The standard InChI is InChI=1S/C29H31N5O4S/c1-18-11-12-23(17-25(18)39(37,38)33-13-6-5-7-14-33)26-27(32-34-20(3)15-19(2)30-28(26)34)29(36)31-24-10-8-9-22(16-24)21(4)35/h8-12,15-17H,5-7,13-14H2,1-4H3,(H,31,36). The number of aryl methyl sites for hydroxylation is 3. The molecule has 1 aliphatic heterocycles. The van der Waals surface area contributed by atoms with Gasteiger partial charge in [-0.1, -0.05) is 30.7 Å². The lowest BCUT2D eigenvalue weighted by Gasteiger charge is -2.26. The van der Waals surface area contributed by atoms with Gasteiger partial charge in [-0.15, -0.1) is 0 Å². The zero-order chi connectivity index (χ0) is 27.9. The van der Waals surface area contributed by atoms with Crippen LogP contribution < -0.4 is 5.32 Å². The zero-order valence-corrected chi connectivity index (χ0v) is 23.3. The molecule has 0 atom stereocenters. The van der Waals surface area contributed by atoms with Crippen LogP contribution in [0.4, 0.5) is 5.69 Å². The Balaban J connectivity index is 1.65. The Morgan fingerprint density at radius 1 is 0.949 bits per heavy atom. The number of piperidine rings is 1. The molecule has 0 spiro atoms. The molecule has 0 aliphatic carbocycles. The molecule has 1 amide bonds. The van der Waals surface area contributed by atoms with E-state index in [9.17, 15) is 18.0 Å². The molecule has 0 unspecified atom stereocenters. The van der Waals surface area contributed by atoms with Crippen LogP contribution in [-0.4, -0.2) is 52.1 Å². The lowest BCUT2D eigenvalue weighted by molar-refractivity contribution is 0.100. The smallest absolute Gasteiger partial charge is 0.276 e. The average Bonchev–Trinajstić information content (AvgIpc) is 3.29. The number of benzene rings is 2. The van der Waals surface area contributed by atoms with Gasteiger partial charge >= 0.3 is 0 Å². The van der Waals surface area contributed by atoms with Crippen LogP contribution in [0, 0.1) is 20.8 Å². The molecule has 39 heavy (non-hydrogen) atoms. The third-order valence-electron chi connectivity index (χ3n) is 7.05. The molecule has 9 nitrogen and oxygen atoms in total. The Hall–Kier alpha value is -3.89. The number of nitrogens with one attached hydrogen (secondary N) is 1. The SMILES string of the molecule is CC(=O)c1cccc(NC(=O)c2nn3c(C)cc(C)nc3c2-c2ccc(C)c(S(=O)(=O)N3CCCCC3)c2)c1. The van der Waals surface area contributed by atoms with E-state index in [1.54, 1.807) is 58.2 Å². The second-order valence-corrected chi connectivity index (χ2v) is 11.9. The van der Waals surface area contributed by atoms with Crippen LogP contribution in [0.15, 0.2) is 53.4 Å². The molecule has 0 saturated carbocycles. The van der Waals surface area contributed by atoms with Crippen molar-refractivity contribution < 1.29 is 18.0 Å². The summed E-state index contributed by atoms with van der Waals surface area (Å²) in [6, 6.07) is 13.7. The van der Waals surface area contributed by atoms with Gasteiger partial charge in [-0.3, -0.25) is 9.59 Å². The first-order valence-electron chi connectivity index (χ1n) is 13.0. The fraction of sp³-hybridized carbons (Fsp3) is 0.310. The molecule has 202 valence electrons. The third-order valence-corrected chi connectivity index (χ3v) is 9.09. The summed E-state index contributed by atoms with van der Waals surface area (Å²) in [7, 11) is -3.72. The number of carbonyl (C=O) groups is 2. The van der Waals surface area contributed by atoms with Gasteiger partial charge in [0.05, 0.1) is 10.5 Å². The quantitative estimate of drug-likeness (QED) is 0.343. The highest BCUT2D eigenvalue weighted by atomic mass is 32.2. The van der Waals surface area contributed by atoms with E-state index in [1.807, 2.05) is 19.9 Å². The van der Waals surface area contributed by atoms with Crippen molar-refractivity contribution in [2.45, 2.75) is 51.9 Å². The van der Waals surface area contributed by atoms with Gasteiger partial charge in [0.2, 0.25) is 10.0 Å². The predicted octanol–water partition coefficient (Wildman–Crippen LogP) is 4.95. The Bertz CT molecular complexity index is 1720. The largest absolute Gasteiger partial charge is 0.321 e. The van der Waals surface area contributed by atoms with Crippen LogP contribution in [-0.2, 0) is 10.0 Å². The van der Waals surface area contributed by atoms with Crippen LogP contribution in [0.2, 0.25) is 0 Å². The first kappa shape index (κ1) is 26.7. The summed E-state index contributed by atoms with van der Waals surface area (Å²) >= 11 is 0. The van der Waals surface area contributed by atoms with E-state index in [-0.39, 0.29) is 16.4 Å². The van der Waals surface area contributed by atoms with Crippen LogP contribution >= 0.6 is 0 Å². The molecule has 1 aliphatic rings. The molecule has 1 saturated heterocycles. The molecule has 2 aromatic heterocycles. The van der Waals surface area contributed by atoms with Crippen molar-refractivity contribution in [1.29, 1.82) is 0 Å². The number of amides is 1. The lowest BCUT2D eigenvalue weighted by Crippen LogP contribution is -2.35. The Labute approximate surface area is 227 Å². The Morgan fingerprint density at radius 3 is 2.41 bits per heavy atom. The normalized spacial score (nSPS) is 14.5. The molecule has 2 aromatic carbocycles. The third kappa shape index (κ3) is 5.09. The molecular formula is C29H31N5O4S. The fourth-order valence-corrected chi connectivity index (χ4v) is 6.80. The van der Waals surface area contributed by atoms with Gasteiger partial charge in [-0.05, 0) is 75.9 Å². The summed E-state index contributed by atoms with van der Waals surface area (Å²) in [5.41, 5.74) is 4.63. The van der Waals surface area contributed by atoms with E-state index < -0.39 is 15.9 Å². The van der Waals surface area contributed by atoms with Crippen molar-refractivity contribution >= 4 is 33.0 Å². The Morgan fingerprint density at radius 2 is 1.69 bits per heavy atom. The lowest BCUT2D eigenvalue weighted by atomic mass is 10.0. The van der Waals surface area contributed by atoms with Crippen LogP contribution in [0.3, 0.4) is 0 Å². The van der Waals surface area contributed by atoms with Gasteiger partial charge in [0.25, 0.3) is 5.91 Å². The Kier molecular flexibility index (Phi) is 7.09. The highest BCUT2D eigenvalue weighted by molar-refractivity contribution is 7.89. The number of aromatic nitrogens is 3. The van der Waals surface area contributed by atoms with E-state index in [2.05, 4.69) is 15.4 Å². The van der Waals surface area contributed by atoms with Gasteiger partial charge in [-0.25, -0.2) is 17.9 Å². The topological polar surface area (TPSA) is 114 Å². The summed E-state index contributed by atoms with van der Waals surface area (Å²) < 4.78 is 30.4. The van der Waals surface area contributed by atoms with Gasteiger partial charge in [-0.2, -0.15) is 9.40 Å². The van der Waals surface area contributed by atoms with E-state index in [1.165, 1.54) is 6.92 Å². The number of sulfonamides is 1.